The van der Waals surface area contributed by atoms with Crippen molar-refractivity contribution in [2.75, 3.05) is 13.1 Å². The zero-order valence-corrected chi connectivity index (χ0v) is 10.6. The van der Waals surface area contributed by atoms with Crippen LogP contribution in [0.25, 0.3) is 0 Å². The molecule has 0 aromatic heterocycles. The Morgan fingerprint density at radius 1 is 1.44 bits per heavy atom. The van der Waals surface area contributed by atoms with E-state index in [1.807, 2.05) is 6.07 Å². The molecule has 0 fully saturated rings. The molecule has 1 amide bonds. The molecule has 0 aliphatic rings. The Hall–Kier alpha value is -0.770. The van der Waals surface area contributed by atoms with Crippen molar-refractivity contribution in [3.05, 3.63) is 33.8 Å². The minimum absolute atomic E-state index is 0.0172. The molecule has 0 atom stereocenters. The summed E-state index contributed by atoms with van der Waals surface area (Å²) in [6, 6.07) is 5.24. The first-order valence-electron chi connectivity index (χ1n) is 4.94. The van der Waals surface area contributed by atoms with Crippen LogP contribution in [0.5, 0.6) is 0 Å². The Morgan fingerprint density at radius 3 is 2.62 bits per heavy atom. The number of rotatable bonds is 4. The van der Waals surface area contributed by atoms with Crippen LogP contribution < -0.4 is 5.73 Å². The lowest BCUT2D eigenvalue weighted by Crippen LogP contribution is -2.33. The van der Waals surface area contributed by atoms with Crippen LogP contribution in [-0.4, -0.2) is 23.9 Å². The van der Waals surface area contributed by atoms with Gasteiger partial charge in [0.05, 0.1) is 0 Å². The number of carbonyl (C=O) groups excluding carboxylic acids is 1. The average molecular weight is 261 g/mol. The summed E-state index contributed by atoms with van der Waals surface area (Å²) in [4.78, 5) is 13.0. The molecule has 0 aliphatic carbocycles. The summed E-state index contributed by atoms with van der Waals surface area (Å²) >= 11 is 11.8. The molecule has 0 saturated heterocycles. The van der Waals surface area contributed by atoms with E-state index in [0.717, 1.165) is 5.56 Å². The van der Waals surface area contributed by atoms with Gasteiger partial charge in [-0.05, 0) is 17.7 Å². The van der Waals surface area contributed by atoms with Crippen LogP contribution in [0.4, 0.5) is 0 Å². The molecule has 3 nitrogen and oxygen atoms in total. The maximum absolute atomic E-state index is 11.3. The fraction of sp³-hybridized carbons (Fsp3) is 0.364. The molecule has 5 heteroatoms. The van der Waals surface area contributed by atoms with E-state index in [2.05, 4.69) is 0 Å². The molecule has 0 saturated carbocycles. The summed E-state index contributed by atoms with van der Waals surface area (Å²) in [6.07, 6.45) is 0. The number of hydrogen-bond acceptors (Lipinski definition) is 2. The Morgan fingerprint density at radius 2 is 2.12 bits per heavy atom. The van der Waals surface area contributed by atoms with Crippen LogP contribution in [0.15, 0.2) is 18.2 Å². The lowest BCUT2D eigenvalue weighted by Gasteiger charge is -2.20. The normalized spacial score (nSPS) is 10.2. The minimum Gasteiger partial charge on any atom is -0.337 e. The summed E-state index contributed by atoms with van der Waals surface area (Å²) in [5.41, 5.74) is 6.31. The lowest BCUT2D eigenvalue weighted by molar-refractivity contribution is -0.129. The quantitative estimate of drug-likeness (QED) is 0.903. The van der Waals surface area contributed by atoms with Crippen molar-refractivity contribution in [3.8, 4) is 0 Å². The number of nitrogens with two attached hydrogens (primary N) is 1. The third-order valence-corrected chi connectivity index (χ3v) is 2.81. The number of amides is 1. The predicted octanol–water partition coefficient (Wildman–Crippen LogP) is 2.30. The first-order valence-corrected chi connectivity index (χ1v) is 5.69. The van der Waals surface area contributed by atoms with Gasteiger partial charge < -0.3 is 10.6 Å². The molecule has 0 bridgehead atoms. The topological polar surface area (TPSA) is 46.3 Å². The minimum atomic E-state index is -0.0172. The maximum Gasteiger partial charge on any atom is 0.219 e. The molecule has 0 radical (unpaired) electrons. The molecule has 1 aromatic rings. The van der Waals surface area contributed by atoms with Crippen molar-refractivity contribution in [3.63, 3.8) is 0 Å². The summed E-state index contributed by atoms with van der Waals surface area (Å²) in [6.45, 7) is 2.93. The monoisotopic (exact) mass is 260 g/mol. The van der Waals surface area contributed by atoms with Gasteiger partial charge in [-0.15, -0.1) is 0 Å². The molecule has 0 aliphatic heterocycles. The van der Waals surface area contributed by atoms with Crippen molar-refractivity contribution in [2.24, 2.45) is 5.73 Å². The molecule has 1 aromatic carbocycles. The third kappa shape index (κ3) is 3.67. The molecule has 0 heterocycles. The fourth-order valence-electron chi connectivity index (χ4n) is 1.36. The number of carbonyl (C=O) groups is 1. The summed E-state index contributed by atoms with van der Waals surface area (Å²) < 4.78 is 0. The van der Waals surface area contributed by atoms with Crippen molar-refractivity contribution >= 4 is 29.1 Å². The Labute approximate surface area is 105 Å². The van der Waals surface area contributed by atoms with E-state index in [4.69, 9.17) is 28.9 Å². The first kappa shape index (κ1) is 13.3. The van der Waals surface area contributed by atoms with E-state index < -0.39 is 0 Å². The van der Waals surface area contributed by atoms with Crippen LogP contribution in [-0.2, 0) is 11.3 Å². The van der Waals surface area contributed by atoms with Gasteiger partial charge in [0.2, 0.25) is 5.91 Å². The molecule has 1 rings (SSSR count). The van der Waals surface area contributed by atoms with Gasteiger partial charge in [-0.3, -0.25) is 4.79 Å². The van der Waals surface area contributed by atoms with Gasteiger partial charge in [0.15, 0.2) is 0 Å². The zero-order chi connectivity index (χ0) is 12.1. The van der Waals surface area contributed by atoms with Gasteiger partial charge in [-0.2, -0.15) is 0 Å². The standard InChI is InChI=1S/C11H14Cl2N2O/c1-8(16)15(5-4-14)7-9-2-3-10(12)6-11(9)13/h2-3,6H,4-5,7,14H2,1H3. The van der Waals surface area contributed by atoms with Crippen molar-refractivity contribution in [1.29, 1.82) is 0 Å². The first-order chi connectivity index (χ1) is 7.54. The summed E-state index contributed by atoms with van der Waals surface area (Å²) in [5, 5.41) is 1.15. The largest absolute Gasteiger partial charge is 0.337 e. The number of nitrogens with zero attached hydrogens (tertiary/aromatic N) is 1. The van der Waals surface area contributed by atoms with Gasteiger partial charge in [0.1, 0.15) is 0 Å². The van der Waals surface area contributed by atoms with Crippen LogP contribution in [0.3, 0.4) is 0 Å². The summed E-state index contributed by atoms with van der Waals surface area (Å²) in [5.74, 6) is -0.0172. The number of halogens is 2. The van der Waals surface area contributed by atoms with Crippen LogP contribution in [0, 0.1) is 0 Å². The Balaban J connectivity index is 2.81. The Kier molecular flexibility index (Phi) is 5.06. The van der Waals surface area contributed by atoms with Gasteiger partial charge in [-0.25, -0.2) is 0 Å². The average Bonchev–Trinajstić information content (AvgIpc) is 2.20. The van der Waals surface area contributed by atoms with E-state index in [-0.39, 0.29) is 5.91 Å². The van der Waals surface area contributed by atoms with E-state index in [0.29, 0.717) is 29.7 Å². The molecule has 0 spiro atoms. The van der Waals surface area contributed by atoms with Crippen molar-refractivity contribution in [1.82, 2.24) is 4.90 Å². The van der Waals surface area contributed by atoms with E-state index in [1.165, 1.54) is 6.92 Å². The molecule has 0 unspecified atom stereocenters. The number of benzene rings is 1. The highest BCUT2D eigenvalue weighted by Crippen LogP contribution is 2.22. The highest BCUT2D eigenvalue weighted by Gasteiger charge is 2.10. The second kappa shape index (κ2) is 6.09. The molecule has 2 N–H and O–H groups in total. The van der Waals surface area contributed by atoms with Gasteiger partial charge >= 0.3 is 0 Å². The number of hydrogen-bond donors (Lipinski definition) is 1. The highest BCUT2D eigenvalue weighted by atomic mass is 35.5. The fourth-order valence-corrected chi connectivity index (χ4v) is 1.83. The van der Waals surface area contributed by atoms with Crippen LogP contribution >= 0.6 is 23.2 Å². The molecule has 88 valence electrons. The van der Waals surface area contributed by atoms with Crippen LogP contribution in [0.1, 0.15) is 12.5 Å². The predicted molar refractivity (Wildman–Crippen MR) is 66.6 cm³/mol. The van der Waals surface area contributed by atoms with Gasteiger partial charge in [0.25, 0.3) is 0 Å². The van der Waals surface area contributed by atoms with Crippen molar-refractivity contribution in [2.45, 2.75) is 13.5 Å². The second-order valence-corrected chi connectivity index (χ2v) is 4.31. The molecule has 16 heavy (non-hydrogen) atoms. The Bertz CT molecular complexity index is 382. The maximum atomic E-state index is 11.3. The summed E-state index contributed by atoms with van der Waals surface area (Å²) in [7, 11) is 0. The SMILES string of the molecule is CC(=O)N(CCN)Cc1ccc(Cl)cc1Cl. The highest BCUT2D eigenvalue weighted by molar-refractivity contribution is 6.35. The van der Waals surface area contributed by atoms with Gasteiger partial charge in [0, 0.05) is 36.6 Å². The zero-order valence-electron chi connectivity index (χ0n) is 9.04. The smallest absolute Gasteiger partial charge is 0.219 e. The third-order valence-electron chi connectivity index (χ3n) is 2.22. The lowest BCUT2D eigenvalue weighted by atomic mass is 10.2. The molecular formula is C11H14Cl2N2O. The van der Waals surface area contributed by atoms with Crippen LogP contribution in [0.2, 0.25) is 10.0 Å². The van der Waals surface area contributed by atoms with E-state index in [9.17, 15) is 4.79 Å². The second-order valence-electron chi connectivity index (χ2n) is 3.46. The van der Waals surface area contributed by atoms with E-state index in [1.54, 1.807) is 17.0 Å². The van der Waals surface area contributed by atoms with E-state index >= 15 is 0 Å². The van der Waals surface area contributed by atoms with Crippen molar-refractivity contribution < 1.29 is 4.79 Å². The van der Waals surface area contributed by atoms with Gasteiger partial charge in [-0.1, -0.05) is 29.3 Å². The molecular weight excluding hydrogens is 247 g/mol.